The third-order valence-electron chi connectivity index (χ3n) is 3.51. The van der Waals surface area contributed by atoms with Gasteiger partial charge in [0.05, 0.1) is 18.5 Å². The molecule has 0 saturated carbocycles. The smallest absolute Gasteiger partial charge is 0.309 e. The Morgan fingerprint density at radius 3 is 2.48 bits per heavy atom. The molecule has 0 aromatic heterocycles. The number of hydrogen-bond donors (Lipinski definition) is 0. The Bertz CT molecular complexity index is 709. The molecule has 0 saturated heterocycles. The van der Waals surface area contributed by atoms with Crippen LogP contribution in [0.3, 0.4) is 0 Å². The minimum Gasteiger partial charge on any atom is -0.489 e. The quantitative estimate of drug-likeness (QED) is 0.464. The number of ether oxygens (including phenoxy) is 2. The summed E-state index contributed by atoms with van der Waals surface area (Å²) in [5.74, 6) is 0.329. The molecule has 0 aliphatic rings. The molecule has 0 radical (unpaired) electrons. The number of nitro groups is 1. The summed E-state index contributed by atoms with van der Waals surface area (Å²) in [4.78, 5) is 21.7. The second kappa shape index (κ2) is 7.40. The number of methoxy groups -OCH3 is 1. The van der Waals surface area contributed by atoms with Crippen molar-refractivity contribution in [2.45, 2.75) is 20.0 Å². The van der Waals surface area contributed by atoms with E-state index in [0.29, 0.717) is 11.3 Å². The fourth-order valence-electron chi connectivity index (χ4n) is 2.13. The summed E-state index contributed by atoms with van der Waals surface area (Å²) in [5, 5.41) is 10.9. The molecule has 0 heterocycles. The van der Waals surface area contributed by atoms with Crippen molar-refractivity contribution in [3.05, 3.63) is 69.3 Å². The molecule has 0 amide bonds. The van der Waals surface area contributed by atoms with Gasteiger partial charge in [0, 0.05) is 11.6 Å². The van der Waals surface area contributed by atoms with E-state index in [9.17, 15) is 14.9 Å². The molecule has 2 rings (SSSR count). The summed E-state index contributed by atoms with van der Waals surface area (Å²) in [6.45, 7) is 1.94. The van der Waals surface area contributed by atoms with Gasteiger partial charge in [-0.1, -0.05) is 24.3 Å². The average molecular weight is 315 g/mol. The van der Waals surface area contributed by atoms with Crippen molar-refractivity contribution in [1.82, 2.24) is 0 Å². The van der Waals surface area contributed by atoms with E-state index in [1.807, 2.05) is 0 Å². The molecule has 6 heteroatoms. The maximum Gasteiger partial charge on any atom is 0.309 e. The van der Waals surface area contributed by atoms with Gasteiger partial charge in [0.2, 0.25) is 0 Å². The van der Waals surface area contributed by atoms with Crippen LogP contribution < -0.4 is 4.74 Å². The zero-order valence-corrected chi connectivity index (χ0v) is 12.9. The first-order valence-electron chi connectivity index (χ1n) is 7.02. The summed E-state index contributed by atoms with van der Waals surface area (Å²) in [6, 6.07) is 12.0. The Hall–Kier alpha value is -2.89. The summed E-state index contributed by atoms with van der Waals surface area (Å²) < 4.78 is 10.3. The number of carbonyl (C=O) groups is 1. The summed E-state index contributed by atoms with van der Waals surface area (Å²) in [5.41, 5.74) is 2.27. The van der Waals surface area contributed by atoms with Crippen LogP contribution in [-0.2, 0) is 22.6 Å². The van der Waals surface area contributed by atoms with Gasteiger partial charge in [0.1, 0.15) is 12.4 Å². The van der Waals surface area contributed by atoms with E-state index in [1.54, 1.807) is 43.3 Å². The summed E-state index contributed by atoms with van der Waals surface area (Å²) in [6.07, 6.45) is 0.209. The number of hydrogen-bond acceptors (Lipinski definition) is 5. The molecule has 0 aliphatic heterocycles. The highest BCUT2D eigenvalue weighted by Gasteiger charge is 2.13. The number of esters is 1. The number of nitrogens with zero attached hydrogens (tertiary/aromatic N) is 1. The lowest BCUT2D eigenvalue weighted by Crippen LogP contribution is -2.04. The number of benzene rings is 2. The van der Waals surface area contributed by atoms with Gasteiger partial charge in [-0.3, -0.25) is 14.9 Å². The van der Waals surface area contributed by atoms with Gasteiger partial charge in [-0.05, 0) is 30.2 Å². The van der Waals surface area contributed by atoms with Crippen LogP contribution in [0.25, 0.3) is 0 Å². The van der Waals surface area contributed by atoms with Crippen molar-refractivity contribution in [2.24, 2.45) is 0 Å². The lowest BCUT2D eigenvalue weighted by Gasteiger charge is -2.09. The monoisotopic (exact) mass is 315 g/mol. The highest BCUT2D eigenvalue weighted by atomic mass is 16.6. The number of carbonyl (C=O) groups excluding carboxylic acids is 1. The number of nitro benzene ring substituents is 1. The zero-order valence-electron chi connectivity index (χ0n) is 12.9. The van der Waals surface area contributed by atoms with Gasteiger partial charge in [0.25, 0.3) is 5.69 Å². The van der Waals surface area contributed by atoms with E-state index >= 15 is 0 Å². The van der Waals surface area contributed by atoms with Crippen LogP contribution in [0.1, 0.15) is 16.7 Å². The Kier molecular flexibility index (Phi) is 5.30. The predicted octanol–water partition coefficient (Wildman–Crippen LogP) is 3.20. The highest BCUT2D eigenvalue weighted by molar-refractivity contribution is 5.72. The molecule has 0 spiro atoms. The van der Waals surface area contributed by atoms with E-state index in [1.165, 1.54) is 13.2 Å². The molecule has 23 heavy (non-hydrogen) atoms. The molecular formula is C17H17NO5. The lowest BCUT2D eigenvalue weighted by atomic mass is 10.1. The van der Waals surface area contributed by atoms with Crippen LogP contribution in [0.5, 0.6) is 5.75 Å². The van der Waals surface area contributed by atoms with Crippen molar-refractivity contribution in [3.8, 4) is 5.75 Å². The standard InChI is InChI=1S/C17H17NO5/c1-12-14(4-3-5-16(12)18(20)21)11-23-15-8-6-13(7-9-15)10-17(19)22-2/h3-9H,10-11H2,1-2H3. The Balaban J connectivity index is 2.03. The van der Waals surface area contributed by atoms with Crippen LogP contribution in [-0.4, -0.2) is 18.0 Å². The molecule has 2 aromatic rings. The normalized spacial score (nSPS) is 10.2. The van der Waals surface area contributed by atoms with Crippen molar-refractivity contribution in [2.75, 3.05) is 7.11 Å². The van der Waals surface area contributed by atoms with Gasteiger partial charge in [0.15, 0.2) is 0 Å². The third-order valence-corrected chi connectivity index (χ3v) is 3.51. The zero-order chi connectivity index (χ0) is 16.8. The first-order valence-corrected chi connectivity index (χ1v) is 7.02. The van der Waals surface area contributed by atoms with Crippen molar-refractivity contribution >= 4 is 11.7 Å². The maximum atomic E-state index is 11.2. The van der Waals surface area contributed by atoms with Crippen LogP contribution in [0, 0.1) is 17.0 Å². The van der Waals surface area contributed by atoms with E-state index < -0.39 is 4.92 Å². The fourth-order valence-corrected chi connectivity index (χ4v) is 2.13. The second-order valence-corrected chi connectivity index (χ2v) is 5.00. The Morgan fingerprint density at radius 2 is 1.87 bits per heavy atom. The summed E-state index contributed by atoms with van der Waals surface area (Å²) in [7, 11) is 1.35. The maximum absolute atomic E-state index is 11.2. The van der Waals surface area contributed by atoms with Crippen LogP contribution in [0.15, 0.2) is 42.5 Å². The molecule has 0 fully saturated rings. The van der Waals surface area contributed by atoms with Gasteiger partial charge in [-0.15, -0.1) is 0 Å². The Morgan fingerprint density at radius 1 is 1.17 bits per heavy atom. The molecule has 120 valence electrons. The molecule has 6 nitrogen and oxygen atoms in total. The van der Waals surface area contributed by atoms with Crippen LogP contribution in [0.2, 0.25) is 0 Å². The highest BCUT2D eigenvalue weighted by Crippen LogP contribution is 2.22. The molecule has 0 bridgehead atoms. The lowest BCUT2D eigenvalue weighted by molar-refractivity contribution is -0.385. The molecule has 2 aromatic carbocycles. The van der Waals surface area contributed by atoms with Crippen LogP contribution in [0.4, 0.5) is 5.69 Å². The Labute approximate surface area is 133 Å². The second-order valence-electron chi connectivity index (χ2n) is 5.00. The largest absolute Gasteiger partial charge is 0.489 e. The van der Waals surface area contributed by atoms with Crippen molar-refractivity contribution < 1.29 is 19.2 Å². The first-order chi connectivity index (χ1) is 11.0. The van der Waals surface area contributed by atoms with E-state index in [2.05, 4.69) is 4.74 Å². The average Bonchev–Trinajstić information content (AvgIpc) is 2.54. The number of rotatable bonds is 6. The molecule has 0 N–H and O–H groups in total. The van der Waals surface area contributed by atoms with Gasteiger partial charge >= 0.3 is 5.97 Å². The molecular weight excluding hydrogens is 298 g/mol. The first kappa shape index (κ1) is 16.5. The SMILES string of the molecule is COC(=O)Cc1ccc(OCc2cccc([N+](=O)[O-])c2C)cc1. The minimum absolute atomic E-state index is 0.0829. The fraction of sp³-hybridized carbons (Fsp3) is 0.235. The molecule has 0 aliphatic carbocycles. The van der Waals surface area contributed by atoms with Crippen LogP contribution >= 0.6 is 0 Å². The molecule has 0 unspecified atom stereocenters. The topological polar surface area (TPSA) is 78.7 Å². The minimum atomic E-state index is -0.402. The third kappa shape index (κ3) is 4.29. The van der Waals surface area contributed by atoms with E-state index in [-0.39, 0.29) is 24.7 Å². The van der Waals surface area contributed by atoms with Crippen molar-refractivity contribution in [3.63, 3.8) is 0 Å². The predicted molar refractivity (Wildman–Crippen MR) is 84.3 cm³/mol. The van der Waals surface area contributed by atoms with Gasteiger partial charge in [-0.25, -0.2) is 0 Å². The van der Waals surface area contributed by atoms with Gasteiger partial charge < -0.3 is 9.47 Å². The molecule has 0 atom stereocenters. The van der Waals surface area contributed by atoms with Crippen molar-refractivity contribution in [1.29, 1.82) is 0 Å². The summed E-state index contributed by atoms with van der Waals surface area (Å²) >= 11 is 0. The van der Waals surface area contributed by atoms with E-state index in [4.69, 9.17) is 4.74 Å². The van der Waals surface area contributed by atoms with E-state index in [0.717, 1.165) is 11.1 Å². The van der Waals surface area contributed by atoms with Gasteiger partial charge in [-0.2, -0.15) is 0 Å².